The van der Waals surface area contributed by atoms with Crippen molar-refractivity contribution in [3.8, 4) is 0 Å². The largest absolute Gasteiger partial charge is 0.390 e. The Bertz CT molecular complexity index is 404. The highest BCUT2D eigenvalue weighted by molar-refractivity contribution is 5.07. The van der Waals surface area contributed by atoms with E-state index < -0.39 is 5.60 Å². The van der Waals surface area contributed by atoms with Crippen LogP contribution in [0.25, 0.3) is 0 Å². The van der Waals surface area contributed by atoms with Gasteiger partial charge in [0.25, 0.3) is 0 Å². The highest BCUT2D eigenvalue weighted by Gasteiger charge is 2.25. The van der Waals surface area contributed by atoms with Crippen LogP contribution in [0.15, 0.2) is 34.9 Å². The van der Waals surface area contributed by atoms with E-state index >= 15 is 0 Å². The Morgan fingerprint density at radius 2 is 1.33 bits per heavy atom. The van der Waals surface area contributed by atoms with Crippen LogP contribution in [0.2, 0.25) is 0 Å². The predicted molar refractivity (Wildman–Crippen MR) is 93.4 cm³/mol. The van der Waals surface area contributed by atoms with Crippen LogP contribution in [-0.4, -0.2) is 10.7 Å². The maximum atomic E-state index is 10.4. The van der Waals surface area contributed by atoms with E-state index in [9.17, 15) is 5.11 Å². The highest BCUT2D eigenvalue weighted by atomic mass is 16.3. The molecule has 21 heavy (non-hydrogen) atoms. The fraction of sp³-hybridized carbons (Fsp3) is 0.700. The third kappa shape index (κ3) is 7.66. The summed E-state index contributed by atoms with van der Waals surface area (Å²) in [6.45, 7) is 10.6. The summed E-state index contributed by atoms with van der Waals surface area (Å²) in [6.07, 6.45) is 14.9. The zero-order valence-electron chi connectivity index (χ0n) is 14.7. The molecule has 0 bridgehead atoms. The fourth-order valence-corrected chi connectivity index (χ4v) is 2.90. The van der Waals surface area contributed by atoms with E-state index in [1.54, 1.807) is 0 Å². The number of rotatable bonds is 1. The van der Waals surface area contributed by atoms with Crippen molar-refractivity contribution < 1.29 is 5.11 Å². The molecule has 0 aromatic rings. The average molecular weight is 290 g/mol. The molecule has 0 fully saturated rings. The normalized spacial score (nSPS) is 31.1. The lowest BCUT2D eigenvalue weighted by Crippen LogP contribution is -2.30. The Hall–Kier alpha value is -0.820. The second kappa shape index (κ2) is 8.58. The van der Waals surface area contributed by atoms with E-state index in [2.05, 4.69) is 39.0 Å². The van der Waals surface area contributed by atoms with E-state index in [1.165, 1.54) is 23.1 Å². The second-order valence-electron chi connectivity index (χ2n) is 7.35. The maximum Gasteiger partial charge on any atom is 0.0622 e. The molecule has 1 aliphatic carbocycles. The van der Waals surface area contributed by atoms with Gasteiger partial charge in [0.05, 0.1) is 5.60 Å². The molecule has 1 heteroatoms. The van der Waals surface area contributed by atoms with Crippen molar-refractivity contribution in [3.63, 3.8) is 0 Å². The monoisotopic (exact) mass is 290 g/mol. The van der Waals surface area contributed by atoms with Gasteiger partial charge < -0.3 is 5.11 Å². The van der Waals surface area contributed by atoms with Crippen LogP contribution in [0.3, 0.4) is 0 Å². The van der Waals surface area contributed by atoms with Crippen LogP contribution in [0.5, 0.6) is 0 Å². The van der Waals surface area contributed by atoms with Gasteiger partial charge in [-0.25, -0.2) is 0 Å². The quantitative estimate of drug-likeness (QED) is 0.591. The zero-order chi connectivity index (χ0) is 15.9. The summed E-state index contributed by atoms with van der Waals surface area (Å²) in [6, 6.07) is 0. The van der Waals surface area contributed by atoms with Crippen LogP contribution in [0.1, 0.15) is 79.6 Å². The average Bonchev–Trinajstić information content (AvgIpc) is 2.36. The first-order valence-corrected chi connectivity index (χ1v) is 8.48. The minimum Gasteiger partial charge on any atom is -0.390 e. The summed E-state index contributed by atoms with van der Waals surface area (Å²) in [5, 5.41) is 10.4. The lowest BCUT2D eigenvalue weighted by molar-refractivity contribution is 0.0145. The van der Waals surface area contributed by atoms with Crippen molar-refractivity contribution in [2.45, 2.75) is 85.2 Å². The molecule has 0 unspecified atom stereocenters. The molecular weight excluding hydrogens is 256 g/mol. The summed E-state index contributed by atoms with van der Waals surface area (Å²) < 4.78 is 0. The van der Waals surface area contributed by atoms with Gasteiger partial charge in [0.15, 0.2) is 0 Å². The summed E-state index contributed by atoms with van der Waals surface area (Å²) in [5.74, 6) is 0.344. The number of allylic oxidation sites excluding steroid dienone is 6. The smallest absolute Gasteiger partial charge is 0.0622 e. The molecule has 0 radical (unpaired) electrons. The Morgan fingerprint density at radius 3 is 1.86 bits per heavy atom. The van der Waals surface area contributed by atoms with Crippen molar-refractivity contribution in [1.29, 1.82) is 0 Å². The molecule has 0 amide bonds. The second-order valence-corrected chi connectivity index (χ2v) is 7.35. The van der Waals surface area contributed by atoms with Gasteiger partial charge in [-0.1, -0.05) is 34.9 Å². The summed E-state index contributed by atoms with van der Waals surface area (Å²) in [5.41, 5.74) is 3.84. The molecule has 0 saturated heterocycles. The zero-order valence-corrected chi connectivity index (χ0v) is 14.7. The van der Waals surface area contributed by atoms with Gasteiger partial charge >= 0.3 is 0 Å². The number of aliphatic hydroxyl groups is 1. The van der Waals surface area contributed by atoms with Crippen LogP contribution in [-0.2, 0) is 0 Å². The van der Waals surface area contributed by atoms with Crippen LogP contribution < -0.4 is 0 Å². The lowest BCUT2D eigenvalue weighted by atomic mass is 9.83. The fourth-order valence-electron chi connectivity index (χ4n) is 2.90. The van der Waals surface area contributed by atoms with E-state index in [-0.39, 0.29) is 0 Å². The van der Waals surface area contributed by atoms with E-state index in [0.29, 0.717) is 5.92 Å². The molecule has 0 aliphatic heterocycles. The molecule has 0 aromatic heterocycles. The maximum absolute atomic E-state index is 10.4. The predicted octanol–water partition coefficient (Wildman–Crippen LogP) is 5.96. The Balaban J connectivity index is 2.83. The Labute approximate surface area is 131 Å². The van der Waals surface area contributed by atoms with Gasteiger partial charge in [0.1, 0.15) is 0 Å². The van der Waals surface area contributed by atoms with Gasteiger partial charge in [0.2, 0.25) is 0 Å². The first-order valence-electron chi connectivity index (χ1n) is 8.48. The molecule has 120 valence electrons. The molecule has 0 saturated carbocycles. The van der Waals surface area contributed by atoms with Crippen molar-refractivity contribution in [1.82, 2.24) is 0 Å². The van der Waals surface area contributed by atoms with Crippen LogP contribution >= 0.6 is 0 Å². The van der Waals surface area contributed by atoms with Crippen molar-refractivity contribution in [3.05, 3.63) is 34.9 Å². The molecular formula is C20H34O. The molecule has 0 spiro atoms. The summed E-state index contributed by atoms with van der Waals surface area (Å²) in [4.78, 5) is 0. The van der Waals surface area contributed by atoms with Gasteiger partial charge in [0, 0.05) is 0 Å². The minimum absolute atomic E-state index is 0.344. The SMILES string of the molecule is C/C1=C/C[C@H](C(C)(C)O)CC/C(C)=C/CC/C(C)=C/CC1. The third-order valence-electron chi connectivity index (χ3n) is 4.70. The molecule has 0 aromatic carbocycles. The van der Waals surface area contributed by atoms with E-state index in [4.69, 9.17) is 0 Å². The van der Waals surface area contributed by atoms with E-state index in [1.807, 2.05) is 13.8 Å². The first kappa shape index (κ1) is 18.2. The van der Waals surface area contributed by atoms with Crippen LogP contribution in [0.4, 0.5) is 0 Å². The number of hydrogen-bond acceptors (Lipinski definition) is 1. The molecule has 1 atom stereocenters. The molecule has 1 rings (SSSR count). The Morgan fingerprint density at radius 1 is 0.857 bits per heavy atom. The minimum atomic E-state index is -0.593. The van der Waals surface area contributed by atoms with Crippen molar-refractivity contribution in [2.75, 3.05) is 0 Å². The summed E-state index contributed by atoms with van der Waals surface area (Å²) in [7, 11) is 0. The van der Waals surface area contributed by atoms with Gasteiger partial charge in [-0.05, 0) is 85.5 Å². The Kier molecular flexibility index (Phi) is 7.45. The highest BCUT2D eigenvalue weighted by Crippen LogP contribution is 2.28. The molecule has 0 heterocycles. The lowest BCUT2D eigenvalue weighted by Gasteiger charge is -2.29. The number of hydrogen-bond donors (Lipinski definition) is 1. The van der Waals surface area contributed by atoms with Crippen molar-refractivity contribution in [2.24, 2.45) is 5.92 Å². The first-order chi connectivity index (χ1) is 9.79. The van der Waals surface area contributed by atoms with Gasteiger partial charge in [-0.15, -0.1) is 0 Å². The van der Waals surface area contributed by atoms with Crippen molar-refractivity contribution >= 4 is 0 Å². The van der Waals surface area contributed by atoms with Gasteiger partial charge in [-0.2, -0.15) is 0 Å². The molecule has 1 nitrogen and oxygen atoms in total. The molecule has 1 N–H and O–H groups in total. The van der Waals surface area contributed by atoms with Crippen LogP contribution in [0, 0.1) is 5.92 Å². The van der Waals surface area contributed by atoms with E-state index in [0.717, 1.165) is 38.5 Å². The summed E-state index contributed by atoms with van der Waals surface area (Å²) >= 11 is 0. The van der Waals surface area contributed by atoms with Gasteiger partial charge in [-0.3, -0.25) is 0 Å². The topological polar surface area (TPSA) is 20.2 Å². The molecule has 1 aliphatic rings. The third-order valence-corrected chi connectivity index (χ3v) is 4.70. The standard InChI is InChI=1S/C20H34O/c1-16-8-6-10-17(2)12-14-19(20(4,5)21)15-13-18(3)11-7-9-16/h8,11-12,19,21H,6-7,9-10,13-15H2,1-5H3/b16-8+,17-12-,18-11+/t19-/m0/s1.